The Morgan fingerprint density at radius 1 is 0.600 bits per heavy atom. The van der Waals surface area contributed by atoms with Crippen LogP contribution in [-0.4, -0.2) is 11.7 Å². The fourth-order valence-corrected chi connectivity index (χ4v) is 6.03. The van der Waals surface area contributed by atoms with Gasteiger partial charge in [0.15, 0.2) is 0 Å². The number of fused-ring (bicyclic) bond motifs is 4. The van der Waals surface area contributed by atoms with Crippen molar-refractivity contribution in [2.24, 2.45) is 0 Å². The molecule has 0 atom stereocenters. The van der Waals surface area contributed by atoms with E-state index in [0.717, 1.165) is 96.5 Å². The van der Waals surface area contributed by atoms with E-state index in [1.807, 2.05) is 42.5 Å². The normalized spacial score (nSPS) is 12.4. The molecule has 0 aliphatic carbocycles. The van der Waals surface area contributed by atoms with E-state index in [2.05, 4.69) is 55.5 Å². The maximum Gasteiger partial charge on any atom is 0.136 e. The molecule has 6 aromatic rings. The zero-order valence-electron chi connectivity index (χ0n) is 22.0. The Bertz CT molecular complexity index is 1990. The number of unbranched alkanes of at least 4 members (excludes halogenated alkanes) is 1. The van der Waals surface area contributed by atoms with E-state index in [1.54, 1.807) is 6.07 Å². The number of phenols is 1. The van der Waals surface area contributed by atoms with Crippen LogP contribution in [0.4, 0.5) is 0 Å². The quantitative estimate of drug-likeness (QED) is 0.228. The van der Waals surface area contributed by atoms with Gasteiger partial charge in [0.05, 0.1) is 6.61 Å². The van der Waals surface area contributed by atoms with Crippen LogP contribution in [0.15, 0.2) is 97.1 Å². The molecule has 0 spiro atoms. The SMILES string of the molecule is CCCCOc1ccc2c3c(cccc13)Oc1ccc(-c3ccc4c(c3)-c3ccc(O)c5cccc(c35)O4)cc1-2. The average Bonchev–Trinajstić information content (AvgIpc) is 2.99. The highest BCUT2D eigenvalue weighted by molar-refractivity contribution is 6.08. The van der Waals surface area contributed by atoms with Crippen molar-refractivity contribution < 1.29 is 19.3 Å². The van der Waals surface area contributed by atoms with Gasteiger partial charge in [0.2, 0.25) is 0 Å². The van der Waals surface area contributed by atoms with Gasteiger partial charge in [0, 0.05) is 32.7 Å². The lowest BCUT2D eigenvalue weighted by atomic mass is 9.90. The molecule has 4 nitrogen and oxygen atoms in total. The van der Waals surface area contributed by atoms with E-state index >= 15 is 0 Å². The summed E-state index contributed by atoms with van der Waals surface area (Å²) in [5.74, 6) is 4.43. The highest BCUT2D eigenvalue weighted by atomic mass is 16.5. The van der Waals surface area contributed by atoms with Crippen LogP contribution in [-0.2, 0) is 0 Å². The summed E-state index contributed by atoms with van der Waals surface area (Å²) in [6, 6.07) is 32.6. The van der Waals surface area contributed by atoms with Crippen LogP contribution in [0.1, 0.15) is 19.8 Å². The predicted octanol–water partition coefficient (Wildman–Crippen LogP) is 10.1. The first-order chi connectivity index (χ1) is 19.7. The summed E-state index contributed by atoms with van der Waals surface area (Å²) in [5, 5.41) is 14.3. The number of phenolic OH excluding ortho intramolecular Hbond substituents is 1. The van der Waals surface area contributed by atoms with Crippen LogP contribution >= 0.6 is 0 Å². The Morgan fingerprint density at radius 3 is 1.85 bits per heavy atom. The average molecular weight is 523 g/mol. The van der Waals surface area contributed by atoms with Gasteiger partial charge >= 0.3 is 0 Å². The second kappa shape index (κ2) is 8.78. The summed E-state index contributed by atoms with van der Waals surface area (Å²) in [7, 11) is 0. The summed E-state index contributed by atoms with van der Waals surface area (Å²) in [5.41, 5.74) is 6.45. The van der Waals surface area contributed by atoms with Crippen molar-refractivity contribution in [3.63, 3.8) is 0 Å². The topological polar surface area (TPSA) is 47.9 Å². The maximum absolute atomic E-state index is 10.5. The third-order valence-electron chi connectivity index (χ3n) is 8.01. The van der Waals surface area contributed by atoms with Gasteiger partial charge in [0.25, 0.3) is 0 Å². The van der Waals surface area contributed by atoms with Gasteiger partial charge in [-0.2, -0.15) is 0 Å². The first kappa shape index (κ1) is 23.0. The van der Waals surface area contributed by atoms with Crippen molar-refractivity contribution in [2.45, 2.75) is 19.8 Å². The van der Waals surface area contributed by atoms with Crippen molar-refractivity contribution in [1.29, 1.82) is 0 Å². The zero-order chi connectivity index (χ0) is 26.8. The molecule has 1 N–H and O–H groups in total. The van der Waals surface area contributed by atoms with Gasteiger partial charge in [0.1, 0.15) is 34.5 Å². The number of hydrogen-bond acceptors (Lipinski definition) is 4. The Balaban J connectivity index is 1.25. The summed E-state index contributed by atoms with van der Waals surface area (Å²) in [6.07, 6.45) is 2.12. The van der Waals surface area contributed by atoms with Gasteiger partial charge in [-0.05, 0) is 89.3 Å². The molecule has 0 saturated heterocycles. The number of hydrogen-bond donors (Lipinski definition) is 1. The molecular weight excluding hydrogens is 496 g/mol. The maximum atomic E-state index is 10.5. The molecule has 0 saturated carbocycles. The highest BCUT2D eigenvalue weighted by Gasteiger charge is 2.24. The lowest BCUT2D eigenvalue weighted by Gasteiger charge is -2.24. The van der Waals surface area contributed by atoms with Gasteiger partial charge < -0.3 is 19.3 Å². The minimum Gasteiger partial charge on any atom is -0.507 e. The van der Waals surface area contributed by atoms with E-state index in [1.165, 1.54) is 0 Å². The van der Waals surface area contributed by atoms with Gasteiger partial charge in [-0.15, -0.1) is 0 Å². The summed E-state index contributed by atoms with van der Waals surface area (Å²) >= 11 is 0. The molecule has 2 aliphatic rings. The molecule has 0 amide bonds. The minimum absolute atomic E-state index is 0.256. The van der Waals surface area contributed by atoms with Crippen LogP contribution in [0.3, 0.4) is 0 Å². The molecule has 8 rings (SSSR count). The standard InChI is InChI=1S/C36H26O4/c1-2-3-18-38-30-17-13-24-28-20-22(11-16-32(28)40-34-9-5-7-26(30)36(24)34)21-10-15-31-27(19-21)23-12-14-29(37)25-6-4-8-33(39-31)35(23)25/h4-17,19-20,37H,2-3,18H2,1H3. The molecule has 0 fully saturated rings. The molecule has 2 heterocycles. The van der Waals surface area contributed by atoms with Crippen molar-refractivity contribution in [1.82, 2.24) is 0 Å². The fraction of sp³-hybridized carbons (Fsp3) is 0.111. The minimum atomic E-state index is 0.256. The van der Waals surface area contributed by atoms with Crippen LogP contribution in [0.25, 0.3) is 54.9 Å². The molecule has 2 aliphatic heterocycles. The predicted molar refractivity (Wildman–Crippen MR) is 160 cm³/mol. The van der Waals surface area contributed by atoms with Crippen molar-refractivity contribution in [3.8, 4) is 67.9 Å². The molecule has 194 valence electrons. The largest absolute Gasteiger partial charge is 0.507 e. The molecular formula is C36H26O4. The van der Waals surface area contributed by atoms with Crippen molar-refractivity contribution in [2.75, 3.05) is 6.61 Å². The summed E-state index contributed by atoms with van der Waals surface area (Å²) in [6.45, 7) is 2.87. The van der Waals surface area contributed by atoms with E-state index in [0.29, 0.717) is 6.61 Å². The second-order valence-electron chi connectivity index (χ2n) is 10.4. The lowest BCUT2D eigenvalue weighted by Crippen LogP contribution is -2.01. The Hall–Kier alpha value is -4.96. The van der Waals surface area contributed by atoms with Crippen LogP contribution in [0, 0.1) is 0 Å². The Kier molecular flexibility index (Phi) is 5.05. The second-order valence-corrected chi connectivity index (χ2v) is 10.4. The van der Waals surface area contributed by atoms with E-state index in [-0.39, 0.29) is 5.75 Å². The van der Waals surface area contributed by atoms with Crippen LogP contribution in [0.2, 0.25) is 0 Å². The lowest BCUT2D eigenvalue weighted by molar-refractivity contribution is 0.313. The third kappa shape index (κ3) is 3.39. The van der Waals surface area contributed by atoms with Gasteiger partial charge in [-0.1, -0.05) is 49.7 Å². The van der Waals surface area contributed by atoms with E-state index in [9.17, 15) is 5.11 Å². The summed E-state index contributed by atoms with van der Waals surface area (Å²) in [4.78, 5) is 0. The summed E-state index contributed by atoms with van der Waals surface area (Å²) < 4.78 is 18.8. The van der Waals surface area contributed by atoms with Gasteiger partial charge in [-0.25, -0.2) is 0 Å². The Labute approximate surface area is 232 Å². The van der Waals surface area contributed by atoms with Crippen molar-refractivity contribution in [3.05, 3.63) is 97.1 Å². The fourth-order valence-electron chi connectivity index (χ4n) is 6.03. The van der Waals surface area contributed by atoms with Gasteiger partial charge in [-0.3, -0.25) is 0 Å². The first-order valence-electron chi connectivity index (χ1n) is 13.8. The van der Waals surface area contributed by atoms with E-state index < -0.39 is 0 Å². The third-order valence-corrected chi connectivity index (χ3v) is 8.01. The molecule has 0 radical (unpaired) electrons. The van der Waals surface area contributed by atoms with Crippen LogP contribution < -0.4 is 14.2 Å². The Morgan fingerprint density at radius 2 is 1.20 bits per heavy atom. The number of benzene rings is 6. The van der Waals surface area contributed by atoms with E-state index in [4.69, 9.17) is 14.2 Å². The highest BCUT2D eigenvalue weighted by Crippen LogP contribution is 2.51. The molecule has 0 aromatic heterocycles. The first-order valence-corrected chi connectivity index (χ1v) is 13.8. The molecule has 0 unspecified atom stereocenters. The van der Waals surface area contributed by atoms with Crippen LogP contribution in [0.5, 0.6) is 34.5 Å². The molecule has 4 heteroatoms. The van der Waals surface area contributed by atoms with Crippen molar-refractivity contribution >= 4 is 21.5 Å². The molecule has 40 heavy (non-hydrogen) atoms. The molecule has 6 aromatic carbocycles. The smallest absolute Gasteiger partial charge is 0.136 e. The zero-order valence-corrected chi connectivity index (χ0v) is 22.0. The number of rotatable bonds is 5. The number of aromatic hydroxyl groups is 1. The number of ether oxygens (including phenoxy) is 3. The molecule has 0 bridgehead atoms. The monoisotopic (exact) mass is 522 g/mol.